The zero-order valence-electron chi connectivity index (χ0n) is 19.2. The lowest BCUT2D eigenvalue weighted by molar-refractivity contribution is 0.0785. The van der Waals surface area contributed by atoms with Gasteiger partial charge in [0, 0.05) is 30.9 Å². The van der Waals surface area contributed by atoms with E-state index < -0.39 is 12.1 Å². The van der Waals surface area contributed by atoms with Crippen LogP contribution in [0.1, 0.15) is 58.0 Å². The van der Waals surface area contributed by atoms with Crippen molar-refractivity contribution >= 4 is 5.91 Å². The number of carbonyl (C=O) groups excluding carboxylic acids is 1. The largest absolute Gasteiger partial charge is 0.388 e. The van der Waals surface area contributed by atoms with Crippen LogP contribution in [0.5, 0.6) is 0 Å². The monoisotopic (exact) mass is 446 g/mol. The number of hydrogen-bond donors (Lipinski definition) is 1. The summed E-state index contributed by atoms with van der Waals surface area (Å²) >= 11 is 0. The van der Waals surface area contributed by atoms with Crippen LogP contribution in [0.2, 0.25) is 0 Å². The van der Waals surface area contributed by atoms with Gasteiger partial charge in [0.05, 0.1) is 6.10 Å². The summed E-state index contributed by atoms with van der Waals surface area (Å²) in [5.74, 6) is 0.296. The lowest BCUT2D eigenvalue weighted by atomic mass is 9.91. The normalized spacial score (nSPS) is 18.8. The Bertz CT molecular complexity index is 1080. The number of rotatable bonds is 7. The molecule has 1 aliphatic carbocycles. The molecule has 0 radical (unpaired) electrons. The quantitative estimate of drug-likeness (QED) is 0.488. The minimum atomic E-state index is -0.480. The van der Waals surface area contributed by atoms with Crippen LogP contribution in [0.4, 0.5) is 4.39 Å². The van der Waals surface area contributed by atoms with E-state index in [0.717, 1.165) is 36.8 Å². The molecule has 1 amide bonds. The molecule has 1 heterocycles. The van der Waals surface area contributed by atoms with E-state index >= 15 is 0 Å². The average Bonchev–Trinajstić information content (AvgIpc) is 3.30. The van der Waals surface area contributed by atoms with Crippen LogP contribution in [0.3, 0.4) is 0 Å². The Balaban J connectivity index is 1.31. The summed E-state index contributed by atoms with van der Waals surface area (Å²) in [6.07, 6.45) is 5.21. The first-order chi connectivity index (χ1) is 15.9. The van der Waals surface area contributed by atoms with Crippen molar-refractivity contribution in [2.45, 2.75) is 45.3 Å². The maximum atomic E-state index is 13.4. The van der Waals surface area contributed by atoms with Crippen LogP contribution in [-0.2, 0) is 13.0 Å². The van der Waals surface area contributed by atoms with Crippen LogP contribution in [0.25, 0.3) is 0 Å². The molecule has 4 nitrogen and oxygen atoms in total. The van der Waals surface area contributed by atoms with Crippen molar-refractivity contribution in [3.63, 3.8) is 0 Å². The molecule has 172 valence electrons. The van der Waals surface area contributed by atoms with Crippen molar-refractivity contribution < 1.29 is 14.3 Å². The molecular weight excluding hydrogens is 415 g/mol. The van der Waals surface area contributed by atoms with Crippen molar-refractivity contribution in [2.75, 3.05) is 7.05 Å². The smallest absolute Gasteiger partial charge is 0.253 e. The van der Waals surface area contributed by atoms with E-state index in [2.05, 4.69) is 4.98 Å². The molecule has 5 heteroatoms. The van der Waals surface area contributed by atoms with E-state index in [9.17, 15) is 14.3 Å². The fourth-order valence-corrected chi connectivity index (χ4v) is 4.89. The number of amides is 1. The Hall–Kier alpha value is -3.05. The minimum Gasteiger partial charge on any atom is -0.388 e. The maximum Gasteiger partial charge on any atom is 0.253 e. The van der Waals surface area contributed by atoms with Crippen molar-refractivity contribution in [3.05, 3.63) is 101 Å². The summed E-state index contributed by atoms with van der Waals surface area (Å²) in [6, 6.07) is 19.5. The van der Waals surface area contributed by atoms with Gasteiger partial charge in [-0.1, -0.05) is 42.5 Å². The Labute approximate surface area is 195 Å². The molecule has 3 aromatic rings. The van der Waals surface area contributed by atoms with E-state index in [1.807, 2.05) is 54.6 Å². The predicted molar refractivity (Wildman–Crippen MR) is 127 cm³/mol. The van der Waals surface area contributed by atoms with Gasteiger partial charge in [-0.2, -0.15) is 4.39 Å². The number of hydrogen-bond acceptors (Lipinski definition) is 3. The van der Waals surface area contributed by atoms with Gasteiger partial charge in [0.25, 0.3) is 5.91 Å². The molecule has 1 fully saturated rings. The van der Waals surface area contributed by atoms with Crippen molar-refractivity contribution in [2.24, 2.45) is 11.8 Å². The predicted octanol–water partition coefficient (Wildman–Crippen LogP) is 5.49. The number of benzene rings is 2. The van der Waals surface area contributed by atoms with Crippen LogP contribution >= 0.6 is 0 Å². The lowest BCUT2D eigenvalue weighted by Crippen LogP contribution is -2.26. The zero-order valence-corrected chi connectivity index (χ0v) is 19.2. The van der Waals surface area contributed by atoms with Gasteiger partial charge in [0.1, 0.15) is 0 Å². The summed E-state index contributed by atoms with van der Waals surface area (Å²) in [5.41, 5.74) is 4.13. The molecular formula is C28H31FN2O2. The number of aromatic nitrogens is 1. The first kappa shape index (κ1) is 23.1. The lowest BCUT2D eigenvalue weighted by Gasteiger charge is -2.19. The number of halogens is 1. The van der Waals surface area contributed by atoms with Crippen molar-refractivity contribution in [1.82, 2.24) is 9.88 Å². The summed E-state index contributed by atoms with van der Waals surface area (Å²) in [6.45, 7) is 2.04. The molecule has 0 unspecified atom stereocenters. The number of aliphatic hydroxyl groups is 1. The Morgan fingerprint density at radius 1 is 1.12 bits per heavy atom. The molecule has 0 spiro atoms. The molecule has 1 N–H and O–H groups in total. The fourth-order valence-electron chi connectivity index (χ4n) is 4.89. The molecule has 0 saturated heterocycles. The van der Waals surface area contributed by atoms with E-state index in [1.54, 1.807) is 24.9 Å². The van der Waals surface area contributed by atoms with Gasteiger partial charge in [0.2, 0.25) is 5.95 Å². The molecule has 3 atom stereocenters. The SMILES string of the molecule is Cc1cc(CN(C)C(=O)c2ccc(C[C@@H]3CC[C@H]([C@H](O)c4ccccc4)C3)cc2)cnc1F. The molecule has 0 aliphatic heterocycles. The molecule has 1 saturated carbocycles. The summed E-state index contributed by atoms with van der Waals surface area (Å²) in [5, 5.41) is 10.7. The van der Waals surface area contributed by atoms with Gasteiger partial charge in [-0.25, -0.2) is 4.98 Å². The van der Waals surface area contributed by atoms with Crippen molar-refractivity contribution in [1.29, 1.82) is 0 Å². The van der Waals surface area contributed by atoms with Gasteiger partial charge in [-0.3, -0.25) is 4.79 Å². The highest BCUT2D eigenvalue weighted by Crippen LogP contribution is 2.40. The van der Waals surface area contributed by atoms with E-state index in [0.29, 0.717) is 29.5 Å². The fraction of sp³-hybridized carbons (Fsp3) is 0.357. The van der Waals surface area contributed by atoms with Gasteiger partial charge < -0.3 is 10.0 Å². The first-order valence-corrected chi connectivity index (χ1v) is 11.6. The maximum absolute atomic E-state index is 13.4. The molecule has 0 bridgehead atoms. The third kappa shape index (κ3) is 5.66. The Morgan fingerprint density at radius 3 is 2.55 bits per heavy atom. The van der Waals surface area contributed by atoms with Crippen molar-refractivity contribution in [3.8, 4) is 0 Å². The van der Waals surface area contributed by atoms with E-state index in [-0.39, 0.29) is 5.91 Å². The average molecular weight is 447 g/mol. The van der Waals surface area contributed by atoms with E-state index in [1.165, 1.54) is 11.8 Å². The number of aryl methyl sites for hydroxylation is 1. The first-order valence-electron chi connectivity index (χ1n) is 11.6. The van der Waals surface area contributed by atoms with Gasteiger partial charge >= 0.3 is 0 Å². The van der Waals surface area contributed by atoms with E-state index in [4.69, 9.17) is 0 Å². The van der Waals surface area contributed by atoms with Crippen LogP contribution in [-0.4, -0.2) is 27.9 Å². The number of aliphatic hydroxyl groups excluding tert-OH is 1. The molecule has 4 rings (SSSR count). The topological polar surface area (TPSA) is 53.4 Å². The highest BCUT2D eigenvalue weighted by Gasteiger charge is 2.30. The zero-order chi connectivity index (χ0) is 23.4. The summed E-state index contributed by atoms with van der Waals surface area (Å²) < 4.78 is 13.4. The minimum absolute atomic E-state index is 0.0737. The Kier molecular flexibility index (Phi) is 7.19. The Morgan fingerprint density at radius 2 is 1.85 bits per heavy atom. The number of nitrogens with zero attached hydrogens (tertiary/aromatic N) is 2. The molecule has 2 aromatic carbocycles. The van der Waals surface area contributed by atoms with Crippen LogP contribution in [0.15, 0.2) is 66.9 Å². The second-order valence-electron chi connectivity index (χ2n) is 9.31. The van der Waals surface area contributed by atoms with Crippen LogP contribution in [0, 0.1) is 24.7 Å². The highest BCUT2D eigenvalue weighted by atomic mass is 19.1. The van der Waals surface area contributed by atoms with Gasteiger partial charge in [-0.15, -0.1) is 0 Å². The van der Waals surface area contributed by atoms with Gasteiger partial charge in [-0.05, 0) is 79.3 Å². The third-order valence-electron chi connectivity index (χ3n) is 6.73. The molecule has 1 aliphatic rings. The van der Waals surface area contributed by atoms with Gasteiger partial charge in [0.15, 0.2) is 0 Å². The standard InChI is InChI=1S/C28H31FN2O2/c1-19-14-22(17-30-27(19)29)18-31(2)28(33)24-11-8-20(9-12-24)15-21-10-13-25(16-21)26(32)23-6-4-3-5-7-23/h3-9,11-12,14,17,21,25-26,32H,10,13,15-16,18H2,1-2H3/t21-,25-,26+/m0/s1. The number of carbonyl (C=O) groups is 1. The number of pyridine rings is 1. The third-order valence-corrected chi connectivity index (χ3v) is 6.73. The van der Waals surface area contributed by atoms with Crippen LogP contribution < -0.4 is 0 Å². The second-order valence-corrected chi connectivity index (χ2v) is 9.31. The summed E-state index contributed by atoms with van der Waals surface area (Å²) in [7, 11) is 1.74. The second kappa shape index (κ2) is 10.3. The molecule has 33 heavy (non-hydrogen) atoms. The summed E-state index contributed by atoms with van der Waals surface area (Å²) in [4.78, 5) is 18.2. The highest BCUT2D eigenvalue weighted by molar-refractivity contribution is 5.94. The molecule has 1 aromatic heterocycles.